The number of oxazole rings is 1. The monoisotopic (exact) mass is 377 g/mol. The first-order valence-electron chi connectivity index (χ1n) is 9.86. The molecule has 0 saturated carbocycles. The zero-order valence-corrected chi connectivity index (χ0v) is 15.6. The predicted molar refractivity (Wildman–Crippen MR) is 103 cm³/mol. The van der Waals surface area contributed by atoms with Crippen LogP contribution < -0.4 is 5.32 Å². The van der Waals surface area contributed by atoms with Crippen LogP contribution in [0.2, 0.25) is 0 Å². The second kappa shape index (κ2) is 7.28. The number of furan rings is 1. The van der Waals surface area contributed by atoms with Crippen LogP contribution in [0.1, 0.15) is 41.7 Å². The van der Waals surface area contributed by atoms with Gasteiger partial charge in [-0.3, -0.25) is 9.69 Å². The van der Waals surface area contributed by atoms with Crippen LogP contribution in [0.25, 0.3) is 11.5 Å². The highest BCUT2D eigenvalue weighted by molar-refractivity contribution is 5.97. The van der Waals surface area contributed by atoms with Gasteiger partial charge in [-0.15, -0.1) is 0 Å². The Hall–Kier alpha value is -2.86. The quantitative estimate of drug-likeness (QED) is 0.731. The van der Waals surface area contributed by atoms with E-state index in [1.165, 1.54) is 24.8 Å². The maximum Gasteiger partial charge on any atom is 0.274 e. The molecule has 2 aromatic heterocycles. The normalized spacial score (nSPS) is 24.4. The van der Waals surface area contributed by atoms with Crippen molar-refractivity contribution in [1.82, 2.24) is 15.2 Å². The number of benzene rings is 1. The van der Waals surface area contributed by atoms with Crippen molar-refractivity contribution in [2.75, 3.05) is 0 Å². The van der Waals surface area contributed by atoms with Crippen LogP contribution in [0.15, 0.2) is 64.0 Å². The largest absolute Gasteiger partial charge is 0.461 e. The molecular formula is C22H23N3O3. The van der Waals surface area contributed by atoms with Gasteiger partial charge < -0.3 is 14.2 Å². The second-order valence-electron chi connectivity index (χ2n) is 7.69. The lowest BCUT2D eigenvalue weighted by Crippen LogP contribution is -2.50. The maximum atomic E-state index is 12.8. The number of amides is 1. The summed E-state index contributed by atoms with van der Waals surface area (Å²) in [5.41, 5.74) is 1.64. The molecule has 2 aliphatic rings. The van der Waals surface area contributed by atoms with Gasteiger partial charge in [0.1, 0.15) is 0 Å². The first-order chi connectivity index (χ1) is 13.8. The highest BCUT2D eigenvalue weighted by Gasteiger charge is 2.41. The second-order valence-corrected chi connectivity index (χ2v) is 7.69. The lowest BCUT2D eigenvalue weighted by atomic mass is 9.96. The summed E-state index contributed by atoms with van der Waals surface area (Å²) in [5, 5.41) is 3.18. The van der Waals surface area contributed by atoms with Gasteiger partial charge in [-0.2, -0.15) is 0 Å². The third-order valence-electron chi connectivity index (χ3n) is 5.96. The van der Waals surface area contributed by atoms with Gasteiger partial charge in [0.2, 0.25) is 5.76 Å². The van der Waals surface area contributed by atoms with Crippen molar-refractivity contribution in [3.05, 3.63) is 66.4 Å². The van der Waals surface area contributed by atoms with E-state index in [1.807, 2.05) is 0 Å². The fourth-order valence-electron chi connectivity index (χ4n) is 4.69. The molecule has 2 atom stereocenters. The van der Waals surface area contributed by atoms with Gasteiger partial charge in [0.15, 0.2) is 17.8 Å². The molecule has 6 heteroatoms. The Labute approximate surface area is 163 Å². The summed E-state index contributed by atoms with van der Waals surface area (Å²) in [6.07, 6.45) is 7.20. The molecule has 1 amide bonds. The van der Waals surface area contributed by atoms with Crippen molar-refractivity contribution in [2.45, 2.75) is 50.4 Å². The van der Waals surface area contributed by atoms with E-state index < -0.39 is 0 Å². The highest BCUT2D eigenvalue weighted by atomic mass is 16.4. The molecule has 4 heterocycles. The van der Waals surface area contributed by atoms with Crippen LogP contribution in [-0.2, 0) is 6.54 Å². The minimum Gasteiger partial charge on any atom is -0.461 e. The molecule has 2 unspecified atom stereocenters. The zero-order chi connectivity index (χ0) is 18.9. The minimum absolute atomic E-state index is 0.165. The molecule has 2 bridgehead atoms. The molecule has 144 valence electrons. The molecule has 0 spiro atoms. The van der Waals surface area contributed by atoms with Gasteiger partial charge in [0.05, 0.1) is 6.26 Å². The summed E-state index contributed by atoms with van der Waals surface area (Å²) in [7, 11) is 0. The highest BCUT2D eigenvalue weighted by Crippen LogP contribution is 2.37. The molecule has 2 saturated heterocycles. The summed E-state index contributed by atoms with van der Waals surface area (Å²) in [6, 6.07) is 15.4. The molecule has 6 nitrogen and oxygen atoms in total. The fraction of sp³-hybridized carbons (Fsp3) is 0.364. The first kappa shape index (κ1) is 17.3. The van der Waals surface area contributed by atoms with Crippen LogP contribution in [0.3, 0.4) is 0 Å². The molecule has 28 heavy (non-hydrogen) atoms. The molecule has 2 aliphatic heterocycles. The van der Waals surface area contributed by atoms with Crippen LogP contribution in [0, 0.1) is 0 Å². The van der Waals surface area contributed by atoms with E-state index >= 15 is 0 Å². The molecular weight excluding hydrogens is 354 g/mol. The molecule has 0 radical (unpaired) electrons. The fourth-order valence-corrected chi connectivity index (χ4v) is 4.69. The van der Waals surface area contributed by atoms with Crippen molar-refractivity contribution in [3.8, 4) is 11.5 Å². The number of aromatic nitrogens is 1. The van der Waals surface area contributed by atoms with Crippen molar-refractivity contribution in [1.29, 1.82) is 0 Å². The van der Waals surface area contributed by atoms with Crippen molar-refractivity contribution in [3.63, 3.8) is 0 Å². The lowest BCUT2D eigenvalue weighted by molar-refractivity contribution is 0.0824. The van der Waals surface area contributed by atoms with Crippen LogP contribution in [-0.4, -0.2) is 33.9 Å². The lowest BCUT2D eigenvalue weighted by Gasteiger charge is -2.39. The average Bonchev–Trinajstić information content (AvgIpc) is 3.43. The topological polar surface area (TPSA) is 71.5 Å². The Morgan fingerprint density at radius 3 is 2.57 bits per heavy atom. The van der Waals surface area contributed by atoms with E-state index in [2.05, 4.69) is 45.5 Å². The van der Waals surface area contributed by atoms with Crippen LogP contribution >= 0.6 is 0 Å². The summed E-state index contributed by atoms with van der Waals surface area (Å²) in [4.78, 5) is 19.5. The van der Waals surface area contributed by atoms with Crippen molar-refractivity contribution >= 4 is 5.91 Å². The van der Waals surface area contributed by atoms with Crippen LogP contribution in [0.5, 0.6) is 0 Å². The Balaban J connectivity index is 1.25. The third-order valence-corrected chi connectivity index (χ3v) is 5.96. The summed E-state index contributed by atoms with van der Waals surface area (Å²) in [5.74, 6) is 0.702. The number of nitrogens with zero attached hydrogens (tertiary/aromatic N) is 2. The molecule has 5 rings (SSSR count). The van der Waals surface area contributed by atoms with Crippen LogP contribution in [0.4, 0.5) is 0 Å². The van der Waals surface area contributed by atoms with E-state index in [-0.39, 0.29) is 17.6 Å². The van der Waals surface area contributed by atoms with Gasteiger partial charge >= 0.3 is 0 Å². The number of carbonyl (C=O) groups excluding carboxylic acids is 1. The first-order valence-corrected chi connectivity index (χ1v) is 9.86. The average molecular weight is 377 g/mol. The number of piperidine rings is 1. The Bertz CT molecular complexity index is 921. The van der Waals surface area contributed by atoms with Gasteiger partial charge in [-0.1, -0.05) is 30.3 Å². The zero-order valence-electron chi connectivity index (χ0n) is 15.6. The van der Waals surface area contributed by atoms with Gasteiger partial charge in [-0.25, -0.2) is 4.98 Å². The molecule has 3 aromatic rings. The number of fused-ring (bicyclic) bond motifs is 2. The Morgan fingerprint density at radius 1 is 1.07 bits per heavy atom. The number of hydrogen-bond donors (Lipinski definition) is 1. The Morgan fingerprint density at radius 2 is 1.86 bits per heavy atom. The van der Waals surface area contributed by atoms with E-state index in [4.69, 9.17) is 8.83 Å². The Kier molecular flexibility index (Phi) is 4.49. The summed E-state index contributed by atoms with van der Waals surface area (Å²) >= 11 is 0. The van der Waals surface area contributed by atoms with Gasteiger partial charge in [-0.05, 0) is 43.4 Å². The minimum atomic E-state index is -0.193. The maximum absolute atomic E-state index is 12.8. The number of carbonyl (C=O) groups is 1. The smallest absolute Gasteiger partial charge is 0.274 e. The third kappa shape index (κ3) is 3.24. The molecule has 1 N–H and O–H groups in total. The van der Waals surface area contributed by atoms with Crippen molar-refractivity contribution in [2.24, 2.45) is 0 Å². The van der Waals surface area contributed by atoms with E-state index in [9.17, 15) is 4.79 Å². The number of hydrogen-bond acceptors (Lipinski definition) is 5. The predicted octanol–water partition coefficient (Wildman–Crippen LogP) is 3.86. The number of rotatable bonds is 5. The molecule has 2 fully saturated rings. The standard InChI is InChI=1S/C22H23N3O3/c26-22(20-21(28-14-23-20)19-7-4-10-27-19)24-16-11-17-8-9-18(12-16)25(17)13-15-5-2-1-3-6-15/h1-7,10,14,16-18H,8-9,11-13H2,(H,24,26). The van der Waals surface area contributed by atoms with Gasteiger partial charge in [0.25, 0.3) is 5.91 Å². The van der Waals surface area contributed by atoms with Crippen molar-refractivity contribution < 1.29 is 13.6 Å². The van der Waals surface area contributed by atoms with E-state index in [1.54, 1.807) is 18.4 Å². The molecule has 0 aliphatic carbocycles. The van der Waals surface area contributed by atoms with Gasteiger partial charge in [0, 0.05) is 24.7 Å². The summed E-state index contributed by atoms with van der Waals surface area (Å²) < 4.78 is 10.7. The number of nitrogens with one attached hydrogen (secondary N) is 1. The van der Waals surface area contributed by atoms with E-state index in [0.717, 1.165) is 19.4 Å². The summed E-state index contributed by atoms with van der Waals surface area (Å²) in [6.45, 7) is 0.989. The van der Waals surface area contributed by atoms with E-state index in [0.29, 0.717) is 23.6 Å². The molecule has 1 aromatic carbocycles. The SMILES string of the molecule is O=C(NC1CC2CCC(C1)N2Cc1ccccc1)c1ncoc1-c1ccco1.